The van der Waals surface area contributed by atoms with Gasteiger partial charge in [-0.25, -0.2) is 0 Å². The molecule has 1 saturated heterocycles. The Balaban J connectivity index is 2.71. The Morgan fingerprint density at radius 1 is 1.50 bits per heavy atom. The summed E-state index contributed by atoms with van der Waals surface area (Å²) in [6, 6.07) is -0.744. The zero-order valence-electron chi connectivity index (χ0n) is 6.42. The molecular weight excluding hydrogens is 166 g/mol. The molecule has 1 fully saturated rings. The van der Waals surface area contributed by atoms with E-state index < -0.39 is 30.6 Å². The minimum Gasteiger partial charge on any atom is -0.391 e. The van der Waals surface area contributed by atoms with Gasteiger partial charge in [-0.1, -0.05) is 0 Å². The molecule has 1 aliphatic rings. The molecule has 0 spiro atoms. The van der Waals surface area contributed by atoms with Gasteiger partial charge in [0.2, 0.25) is 5.79 Å². The van der Waals surface area contributed by atoms with Crippen LogP contribution < -0.4 is 5.73 Å². The second-order valence-corrected chi connectivity index (χ2v) is 2.91. The highest BCUT2D eigenvalue weighted by Crippen LogP contribution is 2.22. The molecule has 6 heteroatoms. The zero-order valence-corrected chi connectivity index (χ0v) is 6.42. The smallest absolute Gasteiger partial charge is 0.218 e. The van der Waals surface area contributed by atoms with Gasteiger partial charge in [0.1, 0.15) is 12.2 Å². The van der Waals surface area contributed by atoms with Crippen LogP contribution >= 0.6 is 0 Å². The highest BCUT2D eigenvalue weighted by atomic mass is 16.7. The molecule has 0 aromatic heterocycles. The fourth-order valence-electron chi connectivity index (χ4n) is 1.06. The molecule has 0 aromatic carbocycles. The van der Waals surface area contributed by atoms with Crippen molar-refractivity contribution in [3.63, 3.8) is 0 Å². The van der Waals surface area contributed by atoms with E-state index in [0.29, 0.717) is 0 Å². The predicted octanol–water partition coefficient (Wildman–Crippen LogP) is -3.25. The SMILES string of the molecule is N[C@H]1CO[C@](O)(CO)[C@@H](O)[C@@H]1O. The quantitative estimate of drug-likeness (QED) is 0.288. The van der Waals surface area contributed by atoms with Crippen LogP contribution in [0.3, 0.4) is 0 Å². The third-order valence-electron chi connectivity index (χ3n) is 1.98. The van der Waals surface area contributed by atoms with E-state index in [1.165, 1.54) is 0 Å². The van der Waals surface area contributed by atoms with Crippen molar-refractivity contribution >= 4 is 0 Å². The Hall–Kier alpha value is -0.240. The molecule has 1 heterocycles. The maximum atomic E-state index is 9.30. The fraction of sp³-hybridized carbons (Fsp3) is 1.00. The maximum absolute atomic E-state index is 9.30. The summed E-state index contributed by atoms with van der Waals surface area (Å²) in [5.41, 5.74) is 5.32. The Kier molecular flexibility index (Phi) is 2.67. The number of rotatable bonds is 1. The van der Waals surface area contributed by atoms with Crippen LogP contribution in [-0.2, 0) is 4.74 Å². The lowest BCUT2D eigenvalue weighted by atomic mass is 9.96. The predicted molar refractivity (Wildman–Crippen MR) is 38.0 cm³/mol. The van der Waals surface area contributed by atoms with Gasteiger partial charge in [0, 0.05) is 0 Å². The van der Waals surface area contributed by atoms with E-state index in [0.717, 1.165) is 0 Å². The molecule has 1 aliphatic heterocycles. The third-order valence-corrected chi connectivity index (χ3v) is 1.98. The number of nitrogens with two attached hydrogens (primary N) is 1. The van der Waals surface area contributed by atoms with Crippen molar-refractivity contribution in [2.75, 3.05) is 13.2 Å². The summed E-state index contributed by atoms with van der Waals surface area (Å²) in [6.45, 7) is -0.882. The molecule has 0 aromatic rings. The lowest BCUT2D eigenvalue weighted by Gasteiger charge is -2.40. The molecule has 0 bridgehead atoms. The van der Waals surface area contributed by atoms with E-state index in [1.54, 1.807) is 0 Å². The molecule has 4 atom stereocenters. The fourth-order valence-corrected chi connectivity index (χ4v) is 1.06. The molecular formula is C6H13NO5. The first-order valence-corrected chi connectivity index (χ1v) is 3.60. The van der Waals surface area contributed by atoms with Crippen LogP contribution in [0.1, 0.15) is 0 Å². The summed E-state index contributed by atoms with van der Waals surface area (Å²) in [5.74, 6) is -2.09. The summed E-state index contributed by atoms with van der Waals surface area (Å²) < 4.78 is 4.68. The molecule has 1 rings (SSSR count). The van der Waals surface area contributed by atoms with Gasteiger partial charge in [-0.3, -0.25) is 0 Å². The van der Waals surface area contributed by atoms with Gasteiger partial charge in [-0.15, -0.1) is 0 Å². The van der Waals surface area contributed by atoms with Crippen molar-refractivity contribution in [3.05, 3.63) is 0 Å². The molecule has 6 nitrogen and oxygen atoms in total. The van der Waals surface area contributed by atoms with E-state index in [1.807, 2.05) is 0 Å². The van der Waals surface area contributed by atoms with Gasteiger partial charge in [-0.2, -0.15) is 0 Å². The molecule has 0 aliphatic carbocycles. The van der Waals surface area contributed by atoms with Gasteiger partial charge in [0.25, 0.3) is 0 Å². The summed E-state index contributed by atoms with van der Waals surface area (Å²) in [6.07, 6.45) is -2.86. The van der Waals surface area contributed by atoms with E-state index in [9.17, 15) is 15.3 Å². The summed E-state index contributed by atoms with van der Waals surface area (Å²) in [4.78, 5) is 0. The van der Waals surface area contributed by atoms with Crippen LogP contribution in [-0.4, -0.2) is 57.7 Å². The molecule has 0 amide bonds. The van der Waals surface area contributed by atoms with Gasteiger partial charge in [0.05, 0.1) is 19.3 Å². The first-order chi connectivity index (χ1) is 5.51. The van der Waals surface area contributed by atoms with Crippen molar-refractivity contribution in [3.8, 4) is 0 Å². The Labute approximate surface area is 69.2 Å². The maximum Gasteiger partial charge on any atom is 0.218 e. The van der Waals surface area contributed by atoms with Gasteiger partial charge >= 0.3 is 0 Å². The van der Waals surface area contributed by atoms with Gasteiger partial charge in [-0.05, 0) is 0 Å². The van der Waals surface area contributed by atoms with Gasteiger partial charge < -0.3 is 30.9 Å². The third kappa shape index (κ3) is 1.45. The first kappa shape index (κ1) is 9.85. The summed E-state index contributed by atoms with van der Waals surface area (Å²) in [5, 5.41) is 36.3. The average Bonchev–Trinajstić information content (AvgIpc) is 2.09. The second kappa shape index (κ2) is 3.25. The minimum absolute atomic E-state index is 0.102. The molecule has 0 radical (unpaired) electrons. The van der Waals surface area contributed by atoms with Crippen LogP contribution in [0.25, 0.3) is 0 Å². The van der Waals surface area contributed by atoms with E-state index in [-0.39, 0.29) is 6.61 Å². The molecule has 6 N–H and O–H groups in total. The first-order valence-electron chi connectivity index (χ1n) is 3.60. The number of hydrogen-bond donors (Lipinski definition) is 5. The van der Waals surface area contributed by atoms with Crippen LogP contribution in [0.2, 0.25) is 0 Å². The number of hydrogen-bond acceptors (Lipinski definition) is 6. The highest BCUT2D eigenvalue weighted by molar-refractivity contribution is 4.92. The van der Waals surface area contributed by atoms with Crippen molar-refractivity contribution in [1.29, 1.82) is 0 Å². The Morgan fingerprint density at radius 2 is 2.08 bits per heavy atom. The van der Waals surface area contributed by atoms with E-state index >= 15 is 0 Å². The summed E-state index contributed by atoms with van der Waals surface area (Å²) in [7, 11) is 0. The van der Waals surface area contributed by atoms with Crippen LogP contribution in [0.4, 0.5) is 0 Å². The number of aliphatic hydroxyl groups excluding tert-OH is 3. The van der Waals surface area contributed by atoms with Crippen LogP contribution in [0.15, 0.2) is 0 Å². The van der Waals surface area contributed by atoms with Crippen molar-refractivity contribution in [1.82, 2.24) is 0 Å². The molecule has 72 valence electrons. The Morgan fingerprint density at radius 3 is 2.58 bits per heavy atom. The average molecular weight is 179 g/mol. The number of aliphatic hydroxyl groups is 4. The monoisotopic (exact) mass is 179 g/mol. The Bertz CT molecular complexity index is 166. The topological polar surface area (TPSA) is 116 Å². The standard InChI is InChI=1S/C6H13NO5/c7-3-1-12-6(11,2-8)5(10)4(3)9/h3-5,8-11H,1-2,7H2/t3-,4+,5-,6+/m0/s1. The van der Waals surface area contributed by atoms with Crippen molar-refractivity contribution < 1.29 is 25.2 Å². The minimum atomic E-state index is -2.09. The lowest BCUT2D eigenvalue weighted by Crippen LogP contribution is -2.64. The van der Waals surface area contributed by atoms with E-state index in [2.05, 4.69) is 4.74 Å². The largest absolute Gasteiger partial charge is 0.391 e. The number of ether oxygens (including phenoxy) is 1. The molecule has 12 heavy (non-hydrogen) atoms. The summed E-state index contributed by atoms with van der Waals surface area (Å²) >= 11 is 0. The normalized spacial score (nSPS) is 49.2. The van der Waals surface area contributed by atoms with Crippen LogP contribution in [0.5, 0.6) is 0 Å². The van der Waals surface area contributed by atoms with Crippen molar-refractivity contribution in [2.45, 2.75) is 24.0 Å². The van der Waals surface area contributed by atoms with Gasteiger partial charge in [0.15, 0.2) is 0 Å². The van der Waals surface area contributed by atoms with E-state index in [4.69, 9.17) is 10.8 Å². The van der Waals surface area contributed by atoms with Crippen LogP contribution in [0, 0.1) is 0 Å². The lowest BCUT2D eigenvalue weighted by molar-refractivity contribution is -0.315. The zero-order chi connectivity index (χ0) is 9.35. The second-order valence-electron chi connectivity index (χ2n) is 2.91. The van der Waals surface area contributed by atoms with Crippen molar-refractivity contribution in [2.24, 2.45) is 5.73 Å². The highest BCUT2D eigenvalue weighted by Gasteiger charge is 2.47. The molecule has 0 saturated carbocycles. The molecule has 0 unspecified atom stereocenters.